The smallest absolute Gasteiger partial charge is 0.272 e. The van der Waals surface area contributed by atoms with Crippen molar-refractivity contribution in [1.82, 2.24) is 0 Å². The summed E-state index contributed by atoms with van der Waals surface area (Å²) < 4.78 is 3.56. The lowest BCUT2D eigenvalue weighted by atomic mass is 10.1. The monoisotopic (exact) mass is 448 g/mol. The van der Waals surface area contributed by atoms with E-state index in [0.29, 0.717) is 11.4 Å². The number of aromatic nitrogens is 1. The van der Waals surface area contributed by atoms with Crippen LogP contribution in [0.15, 0.2) is 51.5 Å². The number of halogens is 3. The van der Waals surface area contributed by atoms with Gasteiger partial charge in [0.1, 0.15) is 6.20 Å². The minimum Gasteiger partial charge on any atom is -1.00 e. The Bertz CT molecular complexity index is 585. The van der Waals surface area contributed by atoms with Gasteiger partial charge in [0, 0.05) is 16.1 Å². The van der Waals surface area contributed by atoms with Crippen molar-refractivity contribution in [3.63, 3.8) is 0 Å². The van der Waals surface area contributed by atoms with Gasteiger partial charge < -0.3 is 17.0 Å². The number of anilines is 1. The van der Waals surface area contributed by atoms with Crippen molar-refractivity contribution >= 4 is 43.5 Å². The van der Waals surface area contributed by atoms with Gasteiger partial charge in [0.15, 0.2) is 6.54 Å². The number of nitrogen functional groups attached to an aromatic ring is 1. The van der Waals surface area contributed by atoms with Gasteiger partial charge >= 0.3 is 0 Å². The molecule has 3 nitrogen and oxygen atoms in total. The Morgan fingerprint density at radius 2 is 1.63 bits per heavy atom. The lowest BCUT2D eigenvalue weighted by molar-refractivity contribution is -0.669. The molecule has 0 aliphatic carbocycles. The van der Waals surface area contributed by atoms with Crippen molar-refractivity contribution in [1.29, 1.82) is 0 Å². The highest BCUT2D eigenvalue weighted by Crippen LogP contribution is 2.12. The van der Waals surface area contributed by atoms with Crippen molar-refractivity contribution in [2.24, 2.45) is 0 Å². The van der Waals surface area contributed by atoms with Gasteiger partial charge in [0.25, 0.3) is 5.82 Å². The Morgan fingerprint density at radius 1 is 1.05 bits per heavy atom. The van der Waals surface area contributed by atoms with Crippen LogP contribution in [-0.4, -0.2) is 5.78 Å². The normalized spacial score (nSPS) is 9.79. The van der Waals surface area contributed by atoms with Gasteiger partial charge in [-0.2, -0.15) is 0 Å². The van der Waals surface area contributed by atoms with Gasteiger partial charge in [-0.3, -0.25) is 10.5 Å². The van der Waals surface area contributed by atoms with Crippen LogP contribution in [0.25, 0.3) is 0 Å². The maximum absolute atomic E-state index is 12.1. The largest absolute Gasteiger partial charge is 1.00 e. The van der Waals surface area contributed by atoms with Crippen molar-refractivity contribution < 1.29 is 26.3 Å². The number of rotatable bonds is 3. The molecule has 0 spiro atoms. The van der Waals surface area contributed by atoms with Crippen molar-refractivity contribution in [3.8, 4) is 0 Å². The molecule has 2 rings (SSSR count). The Morgan fingerprint density at radius 3 is 2.26 bits per heavy atom. The van der Waals surface area contributed by atoms with Crippen LogP contribution in [0.4, 0.5) is 5.82 Å². The van der Waals surface area contributed by atoms with Crippen LogP contribution in [0.3, 0.4) is 0 Å². The first kappa shape index (κ1) is 16.3. The molecule has 0 aliphatic rings. The molecule has 0 bridgehead atoms. The number of nitrogens with zero attached hydrogens (tertiary/aromatic N) is 1. The van der Waals surface area contributed by atoms with Gasteiger partial charge in [-0.15, -0.1) is 0 Å². The van der Waals surface area contributed by atoms with E-state index in [1.807, 2.05) is 18.2 Å². The van der Waals surface area contributed by atoms with E-state index >= 15 is 0 Å². The molecule has 0 saturated carbocycles. The minimum atomic E-state index is 0. The molecule has 0 unspecified atom stereocenters. The number of pyridine rings is 1. The fraction of sp³-hybridized carbons (Fsp3) is 0.0769. The summed E-state index contributed by atoms with van der Waals surface area (Å²) in [6.45, 7) is 0.229. The highest BCUT2D eigenvalue weighted by atomic mass is 79.9. The Kier molecular flexibility index (Phi) is 6.16. The first-order valence-corrected chi connectivity index (χ1v) is 6.88. The summed E-state index contributed by atoms with van der Waals surface area (Å²) >= 11 is 6.70. The molecule has 0 radical (unpaired) electrons. The van der Waals surface area contributed by atoms with Crippen LogP contribution in [0, 0.1) is 0 Å². The summed E-state index contributed by atoms with van der Waals surface area (Å²) in [5, 5.41) is 0. The van der Waals surface area contributed by atoms with Gasteiger partial charge in [-0.05, 0) is 34.1 Å². The summed E-state index contributed by atoms with van der Waals surface area (Å²) in [7, 11) is 0. The van der Waals surface area contributed by atoms with E-state index in [2.05, 4.69) is 31.9 Å². The number of Topliss-reactive ketones (excluding diaryl/α,β-unsaturated/α-hetero) is 1. The Balaban J connectivity index is 0.00000180. The maximum atomic E-state index is 12.1. The molecule has 100 valence electrons. The number of carbonyl (C=O) groups excluding carboxylic acids is 1. The highest BCUT2D eigenvalue weighted by molar-refractivity contribution is 9.10. The van der Waals surface area contributed by atoms with Crippen molar-refractivity contribution in [2.75, 3.05) is 5.73 Å². The van der Waals surface area contributed by atoms with Crippen molar-refractivity contribution in [3.05, 3.63) is 57.1 Å². The predicted molar refractivity (Wildman–Crippen MR) is 77.2 cm³/mol. The second-order valence-electron chi connectivity index (χ2n) is 3.83. The average Bonchev–Trinajstić information content (AvgIpc) is 2.34. The van der Waals surface area contributed by atoms with Crippen LogP contribution < -0.4 is 27.3 Å². The van der Waals surface area contributed by atoms with E-state index in [1.165, 1.54) is 0 Å². The standard InChI is InChI=1S/C13H10Br2N2O.BrH/c14-10-3-1-9(2-4-10)12(18)8-17-7-11(15)5-6-13(17)16;/h1-7,16H,8H2;1H. The van der Waals surface area contributed by atoms with Crippen LogP contribution in [0.1, 0.15) is 10.4 Å². The molecule has 2 aromatic rings. The quantitative estimate of drug-likeness (QED) is 0.527. The molecule has 2 N–H and O–H groups in total. The van der Waals surface area contributed by atoms with Gasteiger partial charge in [-0.1, -0.05) is 28.1 Å². The molecule has 1 aromatic heterocycles. The summed E-state index contributed by atoms with van der Waals surface area (Å²) in [6.07, 6.45) is 1.80. The van der Waals surface area contributed by atoms with E-state index in [4.69, 9.17) is 5.73 Å². The molecule has 0 aliphatic heterocycles. The maximum Gasteiger partial charge on any atom is 0.272 e. The van der Waals surface area contributed by atoms with E-state index in [0.717, 1.165) is 8.95 Å². The number of carbonyl (C=O) groups is 1. The fourth-order valence-corrected chi connectivity index (χ4v) is 2.19. The summed E-state index contributed by atoms with van der Waals surface area (Å²) in [5.41, 5.74) is 6.49. The van der Waals surface area contributed by atoms with Gasteiger partial charge in [0.2, 0.25) is 5.78 Å². The molecule has 19 heavy (non-hydrogen) atoms. The molecule has 0 amide bonds. The first-order chi connectivity index (χ1) is 8.56. The number of hydrogen-bond acceptors (Lipinski definition) is 2. The summed E-state index contributed by atoms with van der Waals surface area (Å²) in [4.78, 5) is 12.1. The number of hydrogen-bond donors (Lipinski definition) is 1. The second-order valence-corrected chi connectivity index (χ2v) is 5.66. The Labute approximate surface area is 138 Å². The highest BCUT2D eigenvalue weighted by Gasteiger charge is 2.12. The molecule has 1 aromatic carbocycles. The fourth-order valence-electron chi connectivity index (χ4n) is 1.55. The molecular weight excluding hydrogens is 440 g/mol. The van der Waals surface area contributed by atoms with Crippen LogP contribution >= 0.6 is 31.9 Å². The first-order valence-electron chi connectivity index (χ1n) is 5.29. The number of nitrogens with two attached hydrogens (primary N) is 1. The van der Waals surface area contributed by atoms with E-state index in [1.54, 1.807) is 29.0 Å². The zero-order valence-electron chi connectivity index (χ0n) is 9.82. The third-order valence-corrected chi connectivity index (χ3v) is 3.50. The molecular formula is C13H11Br3N2O. The SMILES string of the molecule is Nc1ccc(Br)c[n+]1CC(=O)c1ccc(Br)cc1.[Br-]. The Hall–Kier alpha value is -0.720. The van der Waals surface area contributed by atoms with Crippen LogP contribution in [0.2, 0.25) is 0 Å². The number of ketones is 1. The summed E-state index contributed by atoms with van der Waals surface area (Å²) in [5.74, 6) is 0.584. The third kappa shape index (κ3) is 4.40. The lowest BCUT2D eigenvalue weighted by Gasteiger charge is -2.03. The van der Waals surface area contributed by atoms with Gasteiger partial charge in [-0.25, -0.2) is 4.57 Å². The lowest BCUT2D eigenvalue weighted by Crippen LogP contribution is -3.00. The van der Waals surface area contributed by atoms with Crippen molar-refractivity contribution in [2.45, 2.75) is 6.54 Å². The number of benzene rings is 1. The van der Waals surface area contributed by atoms with Crippen LogP contribution in [-0.2, 0) is 6.54 Å². The zero-order valence-corrected chi connectivity index (χ0v) is 14.6. The van der Waals surface area contributed by atoms with Crippen LogP contribution in [0.5, 0.6) is 0 Å². The van der Waals surface area contributed by atoms with E-state index in [9.17, 15) is 4.79 Å². The zero-order chi connectivity index (χ0) is 13.1. The molecule has 1 heterocycles. The topological polar surface area (TPSA) is 47.0 Å². The van der Waals surface area contributed by atoms with E-state index < -0.39 is 0 Å². The average molecular weight is 451 g/mol. The second kappa shape index (κ2) is 7.17. The predicted octanol–water partition coefficient (Wildman–Crippen LogP) is -0.0318. The molecule has 0 saturated heterocycles. The van der Waals surface area contributed by atoms with E-state index in [-0.39, 0.29) is 29.3 Å². The molecule has 0 atom stereocenters. The third-order valence-electron chi connectivity index (χ3n) is 2.50. The summed E-state index contributed by atoms with van der Waals surface area (Å²) in [6, 6.07) is 10.9. The van der Waals surface area contributed by atoms with Gasteiger partial charge in [0.05, 0.1) is 4.47 Å². The minimum absolute atomic E-state index is 0. The molecule has 0 fully saturated rings. The molecule has 6 heteroatoms.